The number of rotatable bonds is 9. The van der Waals surface area contributed by atoms with Gasteiger partial charge in [0.15, 0.2) is 10.0 Å². The summed E-state index contributed by atoms with van der Waals surface area (Å²) in [5.74, 6) is 0. The van der Waals surface area contributed by atoms with E-state index in [0.717, 1.165) is 5.57 Å². The van der Waals surface area contributed by atoms with Crippen molar-refractivity contribution >= 4 is 45.4 Å². The summed E-state index contributed by atoms with van der Waals surface area (Å²) in [5, 5.41) is 21.5. The number of fused-ring (bicyclic) bond motifs is 1. The van der Waals surface area contributed by atoms with Crippen molar-refractivity contribution in [2.24, 2.45) is 7.05 Å². The molecule has 16 heteroatoms. The molecule has 1 N–H and O–H groups in total. The van der Waals surface area contributed by atoms with E-state index in [1.165, 1.54) is 12.1 Å². The Labute approximate surface area is 228 Å². The quantitative estimate of drug-likeness (QED) is 0.357. The Morgan fingerprint density at radius 3 is 2.64 bits per heavy atom. The van der Waals surface area contributed by atoms with Crippen molar-refractivity contribution in [3.63, 3.8) is 0 Å². The van der Waals surface area contributed by atoms with Gasteiger partial charge in [-0.25, -0.2) is 21.9 Å². The fourth-order valence-electron chi connectivity index (χ4n) is 4.60. The van der Waals surface area contributed by atoms with E-state index in [1.54, 1.807) is 30.0 Å². The van der Waals surface area contributed by atoms with E-state index < -0.39 is 34.5 Å². The van der Waals surface area contributed by atoms with Gasteiger partial charge in [-0.2, -0.15) is 15.1 Å². The first-order valence-electron chi connectivity index (χ1n) is 12.1. The van der Waals surface area contributed by atoms with E-state index in [0.29, 0.717) is 66.8 Å². The summed E-state index contributed by atoms with van der Waals surface area (Å²) in [6.07, 6.45) is 0.351. The lowest BCUT2D eigenvalue weighted by atomic mass is 9.97. The number of aryl methyl sites for hydroxylation is 1. The lowest BCUT2D eigenvalue weighted by Gasteiger charge is -2.31. The van der Waals surface area contributed by atoms with Gasteiger partial charge >= 0.3 is 0 Å². The van der Waals surface area contributed by atoms with Crippen molar-refractivity contribution in [3.8, 4) is 16.8 Å². The van der Waals surface area contributed by atoms with Crippen LogP contribution in [0.4, 0.5) is 8.78 Å². The van der Waals surface area contributed by atoms with Crippen LogP contribution in [0.25, 0.3) is 27.2 Å². The van der Waals surface area contributed by atoms with Crippen LogP contribution in [0.15, 0.2) is 23.1 Å². The molecule has 208 valence electrons. The summed E-state index contributed by atoms with van der Waals surface area (Å²) in [7, 11) is -5.43. The Hall–Kier alpha value is -2.60. The molecule has 1 aliphatic carbocycles. The maximum atomic E-state index is 13.4. The normalized spacial score (nSPS) is 19.2. The fraction of sp³-hybridized carbons (Fsp3) is 0.478. The Kier molecular flexibility index (Phi) is 7.24. The van der Waals surface area contributed by atoms with Crippen LogP contribution in [0.1, 0.15) is 43.2 Å². The largest absolute Gasteiger partial charge is 0.318 e. The average molecular weight is 598 g/mol. The number of nitriles is 1. The van der Waals surface area contributed by atoms with E-state index in [-0.39, 0.29) is 15.6 Å². The van der Waals surface area contributed by atoms with Crippen molar-refractivity contribution in [3.05, 3.63) is 28.8 Å². The van der Waals surface area contributed by atoms with Crippen molar-refractivity contribution in [2.45, 2.75) is 43.0 Å². The van der Waals surface area contributed by atoms with Crippen molar-refractivity contribution in [2.75, 3.05) is 26.4 Å². The monoisotopic (exact) mass is 597 g/mol. The number of nitrogens with one attached hydrogen (secondary N) is 1. The molecule has 0 bridgehead atoms. The minimum absolute atomic E-state index is 0.0850. The zero-order valence-electron chi connectivity index (χ0n) is 21.4. The highest BCUT2D eigenvalue weighted by Gasteiger charge is 2.47. The molecule has 3 aromatic rings. The summed E-state index contributed by atoms with van der Waals surface area (Å²) >= 11 is 0.686. The number of hydrogen-bond donors (Lipinski definition) is 1. The highest BCUT2D eigenvalue weighted by Crippen LogP contribution is 2.49. The third kappa shape index (κ3) is 5.29. The number of hydrogen-bond acceptors (Lipinski definition) is 9. The summed E-state index contributed by atoms with van der Waals surface area (Å²) < 4.78 is 77.5. The lowest BCUT2D eigenvalue weighted by molar-refractivity contribution is 0.150. The standard InChI is InChI=1S/C23H26F2N7O4PS2/c1-4-36-37(3,33)32-9-5-14(6-10-32)16-11-15(39(34,35)30-23(13-26)7-8-23)12-17-18(29-31(2)19(16)17)21-27-28-22(38-21)20(24)25/h5,11-12,20,30H,4,6-10H2,1-3H3. The molecule has 2 aliphatic rings. The molecule has 0 saturated heterocycles. The second kappa shape index (κ2) is 10.1. The summed E-state index contributed by atoms with van der Waals surface area (Å²) in [5.41, 5.74) is 1.07. The van der Waals surface area contributed by atoms with Gasteiger partial charge in [0.1, 0.15) is 11.2 Å². The third-order valence-corrected chi connectivity index (χ3v) is 11.3. The Balaban J connectivity index is 1.66. The van der Waals surface area contributed by atoms with E-state index in [4.69, 9.17) is 4.52 Å². The van der Waals surface area contributed by atoms with Crippen LogP contribution >= 0.6 is 18.9 Å². The van der Waals surface area contributed by atoms with E-state index in [9.17, 15) is 27.0 Å². The Bertz CT molecular complexity index is 1670. The van der Waals surface area contributed by atoms with Crippen LogP contribution in [0.2, 0.25) is 0 Å². The molecule has 0 amide bonds. The molecule has 2 aromatic heterocycles. The van der Waals surface area contributed by atoms with E-state index in [2.05, 4.69) is 20.0 Å². The highest BCUT2D eigenvalue weighted by atomic mass is 32.2. The van der Waals surface area contributed by atoms with Gasteiger partial charge in [-0.3, -0.25) is 9.25 Å². The van der Waals surface area contributed by atoms with Gasteiger partial charge < -0.3 is 4.52 Å². The van der Waals surface area contributed by atoms with Crippen molar-refractivity contribution in [1.82, 2.24) is 29.4 Å². The van der Waals surface area contributed by atoms with Gasteiger partial charge in [0.05, 0.1) is 23.1 Å². The molecular weight excluding hydrogens is 571 g/mol. The Morgan fingerprint density at radius 2 is 2.08 bits per heavy atom. The van der Waals surface area contributed by atoms with Crippen LogP contribution in [-0.4, -0.2) is 65.0 Å². The second-order valence-electron chi connectivity index (χ2n) is 9.50. The smallest absolute Gasteiger partial charge is 0.291 e. The number of nitrogens with zero attached hydrogens (tertiary/aromatic N) is 6. The molecule has 39 heavy (non-hydrogen) atoms. The van der Waals surface area contributed by atoms with Crippen LogP contribution in [0.3, 0.4) is 0 Å². The summed E-state index contributed by atoms with van der Waals surface area (Å²) in [4.78, 5) is -0.0850. The molecule has 1 unspecified atom stereocenters. The van der Waals surface area contributed by atoms with Gasteiger partial charge in [0, 0.05) is 37.8 Å². The molecule has 1 fully saturated rings. The van der Waals surface area contributed by atoms with Crippen LogP contribution in [0, 0.1) is 11.3 Å². The zero-order valence-corrected chi connectivity index (χ0v) is 23.9. The van der Waals surface area contributed by atoms with Crippen LogP contribution in [-0.2, 0) is 26.2 Å². The molecular formula is C23H26F2N7O4PS2. The predicted molar refractivity (Wildman–Crippen MR) is 142 cm³/mol. The first kappa shape index (κ1) is 27.9. The molecule has 11 nitrogen and oxygen atoms in total. The van der Waals surface area contributed by atoms with E-state index in [1.807, 2.05) is 12.1 Å². The maximum absolute atomic E-state index is 13.4. The number of sulfonamides is 1. The molecule has 1 atom stereocenters. The van der Waals surface area contributed by atoms with E-state index >= 15 is 0 Å². The van der Waals surface area contributed by atoms with Gasteiger partial charge in [-0.15, -0.1) is 10.2 Å². The van der Waals surface area contributed by atoms with Gasteiger partial charge in [-0.05, 0) is 43.9 Å². The van der Waals surface area contributed by atoms with Crippen molar-refractivity contribution in [1.29, 1.82) is 5.26 Å². The number of alkyl halides is 2. The first-order valence-corrected chi connectivity index (χ1v) is 16.5. The topological polar surface area (TPSA) is 143 Å². The fourth-order valence-corrected chi connectivity index (χ4v) is 8.21. The molecule has 1 aromatic carbocycles. The summed E-state index contributed by atoms with van der Waals surface area (Å²) in [6.45, 7) is 4.41. The number of aromatic nitrogens is 4. The SMILES string of the molecule is CCOP(C)(=O)N1CC=C(c2cc(S(=O)(=O)NC3(C#N)CC3)cc3c(-c4nnc(C(F)F)s4)nn(C)c23)CC1. The average Bonchev–Trinajstić information content (AvgIpc) is 3.32. The van der Waals surface area contributed by atoms with Gasteiger partial charge in [0.2, 0.25) is 10.0 Å². The third-order valence-electron chi connectivity index (χ3n) is 6.76. The molecule has 3 heterocycles. The highest BCUT2D eigenvalue weighted by molar-refractivity contribution is 7.89. The molecule has 0 spiro atoms. The first-order chi connectivity index (χ1) is 18.4. The Morgan fingerprint density at radius 1 is 1.33 bits per heavy atom. The molecule has 1 saturated carbocycles. The van der Waals surface area contributed by atoms with Gasteiger partial charge in [0.25, 0.3) is 13.9 Å². The number of benzene rings is 1. The lowest BCUT2D eigenvalue weighted by Crippen LogP contribution is -2.35. The minimum atomic E-state index is -4.12. The van der Waals surface area contributed by atoms with Crippen LogP contribution < -0.4 is 4.72 Å². The van der Waals surface area contributed by atoms with Crippen molar-refractivity contribution < 1.29 is 26.3 Å². The molecule has 1 aliphatic heterocycles. The summed E-state index contributed by atoms with van der Waals surface area (Å²) in [6, 6.07) is 4.98. The molecule has 5 rings (SSSR count). The number of halogens is 2. The maximum Gasteiger partial charge on any atom is 0.291 e. The zero-order chi connectivity index (χ0) is 28.2. The second-order valence-corrected chi connectivity index (χ2v) is 14.6. The predicted octanol–water partition coefficient (Wildman–Crippen LogP) is 4.31. The van der Waals surface area contributed by atoms with Crippen LogP contribution in [0.5, 0.6) is 0 Å². The molecule has 0 radical (unpaired) electrons. The minimum Gasteiger partial charge on any atom is -0.318 e. The van der Waals surface area contributed by atoms with Gasteiger partial charge in [-0.1, -0.05) is 17.4 Å².